The number of nitrogens with two attached hydrogens (primary N) is 1. The van der Waals surface area contributed by atoms with E-state index in [0.717, 1.165) is 6.42 Å². The number of rotatable bonds is 4. The van der Waals surface area contributed by atoms with Crippen molar-refractivity contribution in [2.24, 2.45) is 11.7 Å². The van der Waals surface area contributed by atoms with Crippen LogP contribution in [0.5, 0.6) is 0 Å². The van der Waals surface area contributed by atoms with Crippen LogP contribution in [0, 0.1) is 5.92 Å². The first-order chi connectivity index (χ1) is 7.17. The molecule has 15 heavy (non-hydrogen) atoms. The largest absolute Gasteiger partial charge is 0.353 e. The molecule has 1 heterocycles. The van der Waals surface area contributed by atoms with Gasteiger partial charge in [0.25, 0.3) is 0 Å². The maximum atomic E-state index is 11.8. The first kappa shape index (κ1) is 12.0. The molecule has 0 aromatic rings. The van der Waals surface area contributed by atoms with Crippen LogP contribution in [0.15, 0.2) is 0 Å². The molecule has 3 N–H and O–H groups in total. The molecule has 5 heteroatoms. The Morgan fingerprint density at radius 2 is 2.40 bits per heavy atom. The Kier molecular flexibility index (Phi) is 4.55. The highest BCUT2D eigenvalue weighted by Crippen LogP contribution is 2.09. The van der Waals surface area contributed by atoms with Gasteiger partial charge < -0.3 is 16.0 Å². The number of hydrogen-bond acceptors (Lipinski definition) is 3. The van der Waals surface area contributed by atoms with Crippen LogP contribution in [-0.2, 0) is 9.59 Å². The van der Waals surface area contributed by atoms with E-state index < -0.39 is 0 Å². The lowest BCUT2D eigenvalue weighted by atomic mass is 10.0. The Hall–Kier alpha value is -1.10. The number of carbonyl (C=O) groups is 2. The molecule has 1 unspecified atom stereocenters. The number of hydrogen-bond donors (Lipinski definition) is 2. The first-order valence-corrected chi connectivity index (χ1v) is 5.42. The summed E-state index contributed by atoms with van der Waals surface area (Å²) >= 11 is 0. The third-order valence-corrected chi connectivity index (χ3v) is 2.77. The summed E-state index contributed by atoms with van der Waals surface area (Å²) in [7, 11) is 0. The average Bonchev–Trinajstić information content (AvgIpc) is 2.25. The standard InChI is InChI=1S/C10H19N3O2/c1-2-8(6-11)5-10(15)13-4-3-12-9(14)7-13/h8H,2-7,11H2,1H3,(H,12,14). The van der Waals surface area contributed by atoms with Crippen LogP contribution in [-0.4, -0.2) is 42.9 Å². The van der Waals surface area contributed by atoms with Gasteiger partial charge in [0.2, 0.25) is 11.8 Å². The summed E-state index contributed by atoms with van der Waals surface area (Å²) in [5.41, 5.74) is 5.54. The Morgan fingerprint density at radius 3 is 2.93 bits per heavy atom. The van der Waals surface area contributed by atoms with Crippen LogP contribution < -0.4 is 11.1 Å². The molecule has 86 valence electrons. The van der Waals surface area contributed by atoms with Crippen LogP contribution in [0.4, 0.5) is 0 Å². The summed E-state index contributed by atoms with van der Waals surface area (Å²) in [5.74, 6) is 0.208. The van der Waals surface area contributed by atoms with E-state index in [9.17, 15) is 9.59 Å². The highest BCUT2D eigenvalue weighted by Gasteiger charge is 2.22. The fraction of sp³-hybridized carbons (Fsp3) is 0.800. The fourth-order valence-electron chi connectivity index (χ4n) is 1.62. The van der Waals surface area contributed by atoms with Gasteiger partial charge in [-0.1, -0.05) is 13.3 Å². The molecule has 1 saturated heterocycles. The minimum atomic E-state index is -0.0737. The molecule has 1 atom stereocenters. The van der Waals surface area contributed by atoms with Crippen molar-refractivity contribution in [3.05, 3.63) is 0 Å². The fourth-order valence-corrected chi connectivity index (χ4v) is 1.62. The monoisotopic (exact) mass is 213 g/mol. The zero-order valence-electron chi connectivity index (χ0n) is 9.16. The lowest BCUT2D eigenvalue weighted by molar-refractivity contribution is -0.138. The second-order valence-corrected chi connectivity index (χ2v) is 3.88. The van der Waals surface area contributed by atoms with Gasteiger partial charge in [0.1, 0.15) is 0 Å². The lowest BCUT2D eigenvalue weighted by Crippen LogP contribution is -2.50. The maximum Gasteiger partial charge on any atom is 0.239 e. The van der Waals surface area contributed by atoms with E-state index in [1.807, 2.05) is 6.92 Å². The minimum absolute atomic E-state index is 0.0437. The van der Waals surface area contributed by atoms with Crippen molar-refractivity contribution in [1.82, 2.24) is 10.2 Å². The summed E-state index contributed by atoms with van der Waals surface area (Å²) in [6.07, 6.45) is 1.36. The van der Waals surface area contributed by atoms with Crippen LogP contribution in [0.25, 0.3) is 0 Å². The lowest BCUT2D eigenvalue weighted by Gasteiger charge is -2.27. The summed E-state index contributed by atoms with van der Waals surface area (Å²) in [6, 6.07) is 0. The van der Waals surface area contributed by atoms with Gasteiger partial charge in [0.05, 0.1) is 6.54 Å². The van der Waals surface area contributed by atoms with Gasteiger partial charge in [-0.25, -0.2) is 0 Å². The van der Waals surface area contributed by atoms with Crippen molar-refractivity contribution < 1.29 is 9.59 Å². The molecule has 0 saturated carbocycles. The van der Waals surface area contributed by atoms with Crippen molar-refractivity contribution in [1.29, 1.82) is 0 Å². The smallest absolute Gasteiger partial charge is 0.239 e. The maximum absolute atomic E-state index is 11.8. The molecular weight excluding hydrogens is 194 g/mol. The van der Waals surface area contributed by atoms with Crippen LogP contribution in [0.1, 0.15) is 19.8 Å². The Balaban J connectivity index is 2.41. The van der Waals surface area contributed by atoms with E-state index in [2.05, 4.69) is 5.32 Å². The SMILES string of the molecule is CCC(CN)CC(=O)N1CCNC(=O)C1. The molecule has 0 aromatic heterocycles. The molecule has 0 aliphatic carbocycles. The van der Waals surface area contributed by atoms with Crippen LogP contribution >= 0.6 is 0 Å². The van der Waals surface area contributed by atoms with E-state index in [0.29, 0.717) is 26.1 Å². The van der Waals surface area contributed by atoms with Gasteiger partial charge in [0.15, 0.2) is 0 Å². The quantitative estimate of drug-likeness (QED) is 0.649. The highest BCUT2D eigenvalue weighted by molar-refractivity contribution is 5.85. The highest BCUT2D eigenvalue weighted by atomic mass is 16.2. The van der Waals surface area contributed by atoms with Crippen molar-refractivity contribution in [2.75, 3.05) is 26.2 Å². The summed E-state index contributed by atoms with van der Waals surface area (Å²) in [6.45, 7) is 3.92. The molecule has 0 spiro atoms. The third-order valence-electron chi connectivity index (χ3n) is 2.77. The predicted molar refractivity (Wildman–Crippen MR) is 57.0 cm³/mol. The molecule has 0 bridgehead atoms. The Bertz CT molecular complexity index is 239. The van der Waals surface area contributed by atoms with Crippen LogP contribution in [0.3, 0.4) is 0 Å². The number of nitrogens with zero attached hydrogens (tertiary/aromatic N) is 1. The number of amides is 2. The van der Waals surface area contributed by atoms with Gasteiger partial charge in [-0.2, -0.15) is 0 Å². The van der Waals surface area contributed by atoms with Gasteiger partial charge in [-0.3, -0.25) is 9.59 Å². The topological polar surface area (TPSA) is 75.4 Å². The summed E-state index contributed by atoms with van der Waals surface area (Å²) in [5, 5.41) is 2.69. The summed E-state index contributed by atoms with van der Waals surface area (Å²) in [4.78, 5) is 24.4. The summed E-state index contributed by atoms with van der Waals surface area (Å²) < 4.78 is 0. The molecule has 0 radical (unpaired) electrons. The molecule has 1 aliphatic rings. The van der Waals surface area contributed by atoms with Crippen molar-refractivity contribution in [3.63, 3.8) is 0 Å². The molecule has 0 aromatic carbocycles. The number of carbonyl (C=O) groups excluding carboxylic acids is 2. The Morgan fingerprint density at radius 1 is 1.67 bits per heavy atom. The van der Waals surface area contributed by atoms with Crippen molar-refractivity contribution in [2.45, 2.75) is 19.8 Å². The average molecular weight is 213 g/mol. The number of nitrogens with one attached hydrogen (secondary N) is 1. The molecule has 1 fully saturated rings. The van der Waals surface area contributed by atoms with Gasteiger partial charge in [-0.15, -0.1) is 0 Å². The molecular formula is C10H19N3O2. The Labute approximate surface area is 90.0 Å². The van der Waals surface area contributed by atoms with Gasteiger partial charge >= 0.3 is 0 Å². The first-order valence-electron chi connectivity index (χ1n) is 5.42. The molecule has 2 amide bonds. The second-order valence-electron chi connectivity index (χ2n) is 3.88. The van der Waals surface area contributed by atoms with Gasteiger partial charge in [-0.05, 0) is 12.5 Å². The van der Waals surface area contributed by atoms with Crippen molar-refractivity contribution >= 4 is 11.8 Å². The minimum Gasteiger partial charge on any atom is -0.353 e. The van der Waals surface area contributed by atoms with E-state index in [-0.39, 0.29) is 24.3 Å². The van der Waals surface area contributed by atoms with E-state index in [1.54, 1.807) is 4.90 Å². The molecule has 1 aliphatic heterocycles. The molecule has 1 rings (SSSR count). The van der Waals surface area contributed by atoms with E-state index >= 15 is 0 Å². The van der Waals surface area contributed by atoms with Crippen LogP contribution in [0.2, 0.25) is 0 Å². The van der Waals surface area contributed by atoms with Gasteiger partial charge in [0, 0.05) is 19.5 Å². The number of piperazine rings is 1. The van der Waals surface area contributed by atoms with E-state index in [1.165, 1.54) is 0 Å². The van der Waals surface area contributed by atoms with E-state index in [4.69, 9.17) is 5.73 Å². The molecule has 5 nitrogen and oxygen atoms in total. The normalized spacial score (nSPS) is 18.5. The predicted octanol–water partition coefficient (Wildman–Crippen LogP) is -0.680. The third kappa shape index (κ3) is 3.51. The van der Waals surface area contributed by atoms with Crippen molar-refractivity contribution in [3.8, 4) is 0 Å². The zero-order valence-corrected chi connectivity index (χ0v) is 9.16. The zero-order chi connectivity index (χ0) is 11.3. The second kappa shape index (κ2) is 5.70.